The summed E-state index contributed by atoms with van der Waals surface area (Å²) in [4.78, 5) is 23.7. The molecular formula is C19H19N3O3S. The van der Waals surface area contributed by atoms with Gasteiger partial charge in [0.25, 0.3) is 0 Å². The largest absolute Gasteiger partial charge is 0.458 e. The lowest BCUT2D eigenvalue weighted by atomic mass is 9.82. The number of nitrogens with zero attached hydrogens (tertiary/aromatic N) is 1. The summed E-state index contributed by atoms with van der Waals surface area (Å²) in [6.45, 7) is 5.35. The van der Waals surface area contributed by atoms with Crippen molar-refractivity contribution < 1.29 is 14.3 Å². The van der Waals surface area contributed by atoms with Crippen molar-refractivity contribution >= 4 is 23.6 Å². The fraction of sp³-hybridized carbons (Fsp3) is 0.211. The Morgan fingerprint density at radius 1 is 1.42 bits per heavy atom. The molecule has 1 aliphatic heterocycles. The SMILES string of the molecule is C=CCOC(=O)C1=C(C)NC(SCC(N)=O)=C(C#N)[C@H]1c1ccccc1. The molecule has 0 saturated carbocycles. The van der Waals surface area contributed by atoms with Crippen LogP contribution in [0.3, 0.4) is 0 Å². The van der Waals surface area contributed by atoms with Gasteiger partial charge in [-0.3, -0.25) is 4.79 Å². The zero-order chi connectivity index (χ0) is 19.1. The third-order valence-electron chi connectivity index (χ3n) is 3.69. The number of carbonyl (C=O) groups excluding carboxylic acids is 2. The predicted molar refractivity (Wildman–Crippen MR) is 100 cm³/mol. The molecule has 0 aromatic heterocycles. The summed E-state index contributed by atoms with van der Waals surface area (Å²) in [5, 5.41) is 13.3. The standard InChI is InChI=1S/C19H19N3O3S/c1-3-9-25-19(24)16-12(2)22-18(26-11-15(21)23)14(10-20)17(16)13-7-5-4-6-8-13/h3-8,17,22H,1,9,11H2,2H3,(H2,21,23)/t17-/m1/s1. The molecule has 1 amide bonds. The predicted octanol–water partition coefficient (Wildman–Crippen LogP) is 2.33. The lowest BCUT2D eigenvalue weighted by Gasteiger charge is -2.29. The van der Waals surface area contributed by atoms with Crippen molar-refractivity contribution in [1.29, 1.82) is 5.26 Å². The van der Waals surface area contributed by atoms with Gasteiger partial charge in [0, 0.05) is 5.70 Å². The third kappa shape index (κ3) is 4.35. The second-order valence-electron chi connectivity index (χ2n) is 5.50. The van der Waals surface area contributed by atoms with Crippen LogP contribution in [0.1, 0.15) is 18.4 Å². The van der Waals surface area contributed by atoms with Crippen LogP contribution in [0.25, 0.3) is 0 Å². The normalized spacial score (nSPS) is 16.5. The number of primary amides is 1. The lowest BCUT2D eigenvalue weighted by molar-refractivity contribution is -0.138. The van der Waals surface area contributed by atoms with Gasteiger partial charge in [-0.25, -0.2) is 4.79 Å². The van der Waals surface area contributed by atoms with Crippen molar-refractivity contribution in [3.05, 3.63) is 70.4 Å². The van der Waals surface area contributed by atoms with Gasteiger partial charge in [-0.15, -0.1) is 0 Å². The zero-order valence-electron chi connectivity index (χ0n) is 14.3. The minimum Gasteiger partial charge on any atom is -0.458 e. The van der Waals surface area contributed by atoms with E-state index in [9.17, 15) is 14.9 Å². The number of benzene rings is 1. The maximum Gasteiger partial charge on any atom is 0.337 e. The number of nitrogens with one attached hydrogen (secondary N) is 1. The molecule has 2 rings (SSSR count). The molecule has 0 spiro atoms. The fourth-order valence-electron chi connectivity index (χ4n) is 2.63. The molecule has 0 bridgehead atoms. The summed E-state index contributed by atoms with van der Waals surface area (Å²) >= 11 is 1.14. The number of hydrogen-bond acceptors (Lipinski definition) is 6. The molecule has 1 atom stereocenters. The Morgan fingerprint density at radius 3 is 2.69 bits per heavy atom. The zero-order valence-corrected chi connectivity index (χ0v) is 15.1. The van der Waals surface area contributed by atoms with Gasteiger partial charge < -0.3 is 15.8 Å². The minimum atomic E-state index is -0.588. The van der Waals surface area contributed by atoms with E-state index in [1.807, 2.05) is 30.3 Å². The average Bonchev–Trinajstić information content (AvgIpc) is 2.64. The lowest BCUT2D eigenvalue weighted by Crippen LogP contribution is -2.29. The highest BCUT2D eigenvalue weighted by molar-refractivity contribution is 8.03. The number of thioether (sulfide) groups is 1. The number of ether oxygens (including phenoxy) is 1. The Balaban J connectivity index is 2.53. The number of carbonyl (C=O) groups is 2. The van der Waals surface area contributed by atoms with E-state index in [0.717, 1.165) is 17.3 Å². The van der Waals surface area contributed by atoms with Crippen molar-refractivity contribution in [2.24, 2.45) is 5.73 Å². The Kier molecular flexibility index (Phi) is 6.64. The first-order valence-corrected chi connectivity index (χ1v) is 8.84. The highest BCUT2D eigenvalue weighted by Crippen LogP contribution is 2.40. The van der Waals surface area contributed by atoms with Crippen LogP contribution in [-0.4, -0.2) is 24.2 Å². The molecule has 26 heavy (non-hydrogen) atoms. The van der Waals surface area contributed by atoms with E-state index in [1.165, 1.54) is 6.08 Å². The first kappa shape index (κ1) is 19.3. The molecule has 0 fully saturated rings. The van der Waals surface area contributed by atoms with E-state index in [0.29, 0.717) is 21.9 Å². The quantitative estimate of drug-likeness (QED) is 0.564. The maximum atomic E-state index is 12.6. The summed E-state index contributed by atoms with van der Waals surface area (Å²) in [7, 11) is 0. The van der Waals surface area contributed by atoms with Crippen LogP contribution >= 0.6 is 11.8 Å². The summed E-state index contributed by atoms with van der Waals surface area (Å²) in [6.07, 6.45) is 1.48. The van der Waals surface area contributed by atoms with Crippen LogP contribution in [0.5, 0.6) is 0 Å². The van der Waals surface area contributed by atoms with Crippen LogP contribution < -0.4 is 11.1 Å². The Bertz CT molecular complexity index is 822. The van der Waals surface area contributed by atoms with E-state index in [4.69, 9.17) is 10.5 Å². The second-order valence-corrected chi connectivity index (χ2v) is 6.49. The van der Waals surface area contributed by atoms with Crippen LogP contribution in [0.4, 0.5) is 0 Å². The molecule has 0 aliphatic carbocycles. The van der Waals surface area contributed by atoms with E-state index in [2.05, 4.69) is 18.0 Å². The van der Waals surface area contributed by atoms with E-state index in [1.54, 1.807) is 6.92 Å². The number of esters is 1. The van der Waals surface area contributed by atoms with Gasteiger partial charge in [0.15, 0.2) is 0 Å². The smallest absolute Gasteiger partial charge is 0.337 e. The summed E-state index contributed by atoms with van der Waals surface area (Å²) in [6, 6.07) is 11.4. The Hall–Kier alpha value is -2.98. The molecule has 0 radical (unpaired) electrons. The second kappa shape index (κ2) is 8.92. The molecule has 1 aliphatic rings. The van der Waals surface area contributed by atoms with Crippen molar-refractivity contribution in [3.63, 3.8) is 0 Å². The topological polar surface area (TPSA) is 105 Å². The number of nitriles is 1. The number of hydrogen-bond donors (Lipinski definition) is 2. The van der Waals surface area contributed by atoms with Gasteiger partial charge in [0.2, 0.25) is 5.91 Å². The molecule has 1 aromatic carbocycles. The Morgan fingerprint density at radius 2 is 2.12 bits per heavy atom. The van der Waals surface area contributed by atoms with E-state index in [-0.39, 0.29) is 12.4 Å². The van der Waals surface area contributed by atoms with Crippen molar-refractivity contribution in [1.82, 2.24) is 5.32 Å². The van der Waals surface area contributed by atoms with Crippen LogP contribution in [0, 0.1) is 11.3 Å². The molecule has 0 unspecified atom stereocenters. The minimum absolute atomic E-state index is 0.0263. The average molecular weight is 369 g/mol. The molecule has 3 N–H and O–H groups in total. The number of dihydropyridines is 1. The first-order chi connectivity index (χ1) is 12.5. The summed E-state index contributed by atoms with van der Waals surface area (Å²) in [5.74, 6) is -1.57. The highest BCUT2D eigenvalue weighted by Gasteiger charge is 2.35. The highest BCUT2D eigenvalue weighted by atomic mass is 32.2. The molecule has 6 nitrogen and oxygen atoms in total. The van der Waals surface area contributed by atoms with E-state index < -0.39 is 17.8 Å². The molecule has 1 heterocycles. The maximum absolute atomic E-state index is 12.6. The van der Waals surface area contributed by atoms with Gasteiger partial charge in [-0.1, -0.05) is 54.7 Å². The third-order valence-corrected chi connectivity index (χ3v) is 4.73. The molecule has 7 heteroatoms. The van der Waals surface area contributed by atoms with Crippen molar-refractivity contribution in [3.8, 4) is 6.07 Å². The monoisotopic (exact) mass is 369 g/mol. The molecule has 0 saturated heterocycles. The van der Waals surface area contributed by atoms with Crippen molar-refractivity contribution in [2.45, 2.75) is 12.8 Å². The van der Waals surface area contributed by atoms with Gasteiger partial charge in [-0.2, -0.15) is 5.26 Å². The van der Waals surface area contributed by atoms with Gasteiger partial charge in [0.05, 0.1) is 33.9 Å². The molecular weight excluding hydrogens is 350 g/mol. The number of amides is 1. The first-order valence-electron chi connectivity index (χ1n) is 7.85. The van der Waals surface area contributed by atoms with Crippen LogP contribution in [0.2, 0.25) is 0 Å². The van der Waals surface area contributed by atoms with Crippen LogP contribution in [0.15, 0.2) is 64.9 Å². The summed E-state index contributed by atoms with van der Waals surface area (Å²) in [5.41, 5.74) is 7.28. The summed E-state index contributed by atoms with van der Waals surface area (Å²) < 4.78 is 5.21. The van der Waals surface area contributed by atoms with Gasteiger partial charge in [0.1, 0.15) is 6.61 Å². The molecule has 1 aromatic rings. The van der Waals surface area contributed by atoms with E-state index >= 15 is 0 Å². The van der Waals surface area contributed by atoms with Crippen molar-refractivity contribution in [2.75, 3.05) is 12.4 Å². The van der Waals surface area contributed by atoms with Gasteiger partial charge in [-0.05, 0) is 12.5 Å². The molecule has 134 valence electrons. The number of nitrogens with two attached hydrogens (primary N) is 1. The number of rotatable bonds is 7. The van der Waals surface area contributed by atoms with Crippen LogP contribution in [-0.2, 0) is 14.3 Å². The Labute approximate surface area is 156 Å². The number of allylic oxidation sites excluding steroid dienone is 2. The van der Waals surface area contributed by atoms with Gasteiger partial charge >= 0.3 is 5.97 Å². The fourth-order valence-corrected chi connectivity index (χ4v) is 3.46.